The standard InChI is InChI=1S/C17H15N3O3/c1-11-13(10-18)7-8-14(19-11)17(23)20-15(9-16(21)22)12-5-3-2-4-6-12/h2-8,15H,9H2,1H3,(H,20,23)(H,21,22). The Balaban J connectivity index is 2.22. The normalized spacial score (nSPS) is 11.3. The van der Waals surface area contributed by atoms with E-state index in [2.05, 4.69) is 10.3 Å². The van der Waals surface area contributed by atoms with Crippen LogP contribution in [0.3, 0.4) is 0 Å². The number of pyridine rings is 1. The van der Waals surface area contributed by atoms with E-state index in [1.54, 1.807) is 31.2 Å². The van der Waals surface area contributed by atoms with Crippen molar-refractivity contribution in [2.75, 3.05) is 0 Å². The number of aryl methyl sites for hydroxylation is 1. The first kappa shape index (κ1) is 16.2. The minimum atomic E-state index is -1.01. The van der Waals surface area contributed by atoms with Gasteiger partial charge >= 0.3 is 5.97 Å². The van der Waals surface area contributed by atoms with Crippen molar-refractivity contribution in [3.05, 3.63) is 65.0 Å². The summed E-state index contributed by atoms with van der Waals surface area (Å²) in [5.41, 5.74) is 1.70. The summed E-state index contributed by atoms with van der Waals surface area (Å²) in [6.07, 6.45) is -0.231. The first-order valence-corrected chi connectivity index (χ1v) is 6.96. The molecule has 0 bridgehead atoms. The Kier molecular flexibility index (Phi) is 5.05. The van der Waals surface area contributed by atoms with E-state index in [9.17, 15) is 9.59 Å². The maximum atomic E-state index is 12.3. The van der Waals surface area contributed by atoms with Crippen molar-refractivity contribution in [1.29, 1.82) is 5.26 Å². The van der Waals surface area contributed by atoms with Crippen LogP contribution >= 0.6 is 0 Å². The van der Waals surface area contributed by atoms with Gasteiger partial charge in [0.05, 0.1) is 23.7 Å². The molecule has 1 heterocycles. The van der Waals surface area contributed by atoms with E-state index in [4.69, 9.17) is 10.4 Å². The number of nitrogens with zero attached hydrogens (tertiary/aromatic N) is 2. The van der Waals surface area contributed by atoms with Crippen LogP contribution in [-0.4, -0.2) is 22.0 Å². The van der Waals surface area contributed by atoms with Gasteiger partial charge in [0, 0.05) is 0 Å². The number of carbonyl (C=O) groups is 2. The lowest BCUT2D eigenvalue weighted by Crippen LogP contribution is -2.31. The van der Waals surface area contributed by atoms with Gasteiger partial charge in [-0.3, -0.25) is 9.59 Å². The minimum Gasteiger partial charge on any atom is -0.481 e. The number of aliphatic carboxylic acids is 1. The van der Waals surface area contributed by atoms with Gasteiger partial charge in [-0.2, -0.15) is 5.26 Å². The molecule has 2 rings (SSSR count). The highest BCUT2D eigenvalue weighted by atomic mass is 16.4. The van der Waals surface area contributed by atoms with Crippen LogP contribution in [0.25, 0.3) is 0 Å². The molecule has 6 heteroatoms. The van der Waals surface area contributed by atoms with E-state index < -0.39 is 17.9 Å². The molecule has 23 heavy (non-hydrogen) atoms. The number of rotatable bonds is 5. The summed E-state index contributed by atoms with van der Waals surface area (Å²) in [5, 5.41) is 20.6. The Morgan fingerprint density at radius 3 is 2.52 bits per heavy atom. The number of carboxylic acid groups (broad SMARTS) is 1. The Hall–Kier alpha value is -3.20. The van der Waals surface area contributed by atoms with Crippen molar-refractivity contribution in [3.8, 4) is 6.07 Å². The highest BCUT2D eigenvalue weighted by Gasteiger charge is 2.19. The van der Waals surface area contributed by atoms with Gasteiger partial charge in [0.1, 0.15) is 11.8 Å². The van der Waals surface area contributed by atoms with Crippen molar-refractivity contribution in [1.82, 2.24) is 10.3 Å². The molecule has 2 N–H and O–H groups in total. The average molecular weight is 309 g/mol. The lowest BCUT2D eigenvalue weighted by molar-refractivity contribution is -0.137. The van der Waals surface area contributed by atoms with Crippen LogP contribution in [0.15, 0.2) is 42.5 Å². The molecule has 1 amide bonds. The van der Waals surface area contributed by atoms with Gasteiger partial charge in [0.15, 0.2) is 0 Å². The number of carbonyl (C=O) groups excluding carboxylic acids is 1. The van der Waals surface area contributed by atoms with Gasteiger partial charge < -0.3 is 10.4 Å². The molecule has 0 fully saturated rings. The molecule has 0 saturated heterocycles. The van der Waals surface area contributed by atoms with Crippen molar-refractivity contribution in [2.45, 2.75) is 19.4 Å². The number of nitriles is 1. The fraction of sp³-hybridized carbons (Fsp3) is 0.176. The summed E-state index contributed by atoms with van der Waals surface area (Å²) in [5.74, 6) is -1.49. The van der Waals surface area contributed by atoms with Gasteiger partial charge in [0.2, 0.25) is 0 Å². The summed E-state index contributed by atoms with van der Waals surface area (Å²) in [6, 6.07) is 13.2. The number of carboxylic acids is 1. The van der Waals surface area contributed by atoms with Gasteiger partial charge in [-0.1, -0.05) is 30.3 Å². The third-order valence-electron chi connectivity index (χ3n) is 3.32. The minimum absolute atomic E-state index is 0.146. The summed E-state index contributed by atoms with van der Waals surface area (Å²) in [6.45, 7) is 1.64. The maximum Gasteiger partial charge on any atom is 0.305 e. The second kappa shape index (κ2) is 7.18. The molecule has 0 spiro atoms. The van der Waals surface area contributed by atoms with Gasteiger partial charge in [-0.15, -0.1) is 0 Å². The van der Waals surface area contributed by atoms with Crippen molar-refractivity contribution in [2.24, 2.45) is 0 Å². The van der Waals surface area contributed by atoms with E-state index in [0.29, 0.717) is 16.8 Å². The first-order chi connectivity index (χ1) is 11.0. The smallest absolute Gasteiger partial charge is 0.305 e. The van der Waals surface area contributed by atoms with Crippen LogP contribution in [-0.2, 0) is 4.79 Å². The van der Waals surface area contributed by atoms with Gasteiger partial charge in [0.25, 0.3) is 5.91 Å². The molecule has 1 aromatic heterocycles. The van der Waals surface area contributed by atoms with E-state index in [1.807, 2.05) is 12.1 Å². The molecule has 0 aliphatic carbocycles. The predicted octanol–water partition coefficient (Wildman–Crippen LogP) is 2.21. The SMILES string of the molecule is Cc1nc(C(=O)NC(CC(=O)O)c2ccccc2)ccc1C#N. The van der Waals surface area contributed by atoms with E-state index in [0.717, 1.165) is 0 Å². The van der Waals surface area contributed by atoms with Gasteiger partial charge in [-0.25, -0.2) is 4.98 Å². The summed E-state index contributed by atoms with van der Waals surface area (Å²) < 4.78 is 0. The van der Waals surface area contributed by atoms with E-state index in [1.165, 1.54) is 12.1 Å². The Labute approximate surface area is 133 Å². The third kappa shape index (κ3) is 4.14. The number of hydrogen-bond acceptors (Lipinski definition) is 4. The van der Waals surface area contributed by atoms with Crippen molar-refractivity contribution < 1.29 is 14.7 Å². The van der Waals surface area contributed by atoms with Gasteiger partial charge in [-0.05, 0) is 24.6 Å². The third-order valence-corrected chi connectivity index (χ3v) is 3.32. The molecular weight excluding hydrogens is 294 g/mol. The monoisotopic (exact) mass is 309 g/mol. The molecule has 0 saturated carbocycles. The predicted molar refractivity (Wildman–Crippen MR) is 82.6 cm³/mol. The van der Waals surface area contributed by atoms with Crippen LogP contribution in [0.1, 0.15) is 39.8 Å². The highest BCUT2D eigenvalue weighted by molar-refractivity contribution is 5.93. The zero-order chi connectivity index (χ0) is 16.8. The van der Waals surface area contributed by atoms with Crippen LogP contribution in [0.4, 0.5) is 0 Å². The average Bonchev–Trinajstić information content (AvgIpc) is 2.54. The molecule has 0 aliphatic heterocycles. The number of benzene rings is 1. The highest BCUT2D eigenvalue weighted by Crippen LogP contribution is 2.17. The summed E-state index contributed by atoms with van der Waals surface area (Å²) >= 11 is 0. The van der Waals surface area contributed by atoms with E-state index in [-0.39, 0.29) is 12.1 Å². The lowest BCUT2D eigenvalue weighted by atomic mass is 10.0. The molecule has 6 nitrogen and oxygen atoms in total. The Morgan fingerprint density at radius 1 is 1.26 bits per heavy atom. The number of nitrogens with one attached hydrogen (secondary N) is 1. The largest absolute Gasteiger partial charge is 0.481 e. The van der Waals surface area contributed by atoms with Crippen LogP contribution < -0.4 is 5.32 Å². The molecule has 1 unspecified atom stereocenters. The van der Waals surface area contributed by atoms with Crippen molar-refractivity contribution >= 4 is 11.9 Å². The van der Waals surface area contributed by atoms with Crippen molar-refractivity contribution in [3.63, 3.8) is 0 Å². The summed E-state index contributed by atoms with van der Waals surface area (Å²) in [7, 11) is 0. The number of hydrogen-bond donors (Lipinski definition) is 2. The fourth-order valence-electron chi connectivity index (χ4n) is 2.15. The van der Waals surface area contributed by atoms with E-state index >= 15 is 0 Å². The fourth-order valence-corrected chi connectivity index (χ4v) is 2.15. The second-order valence-corrected chi connectivity index (χ2v) is 4.98. The first-order valence-electron chi connectivity index (χ1n) is 6.96. The Morgan fingerprint density at radius 2 is 1.96 bits per heavy atom. The summed E-state index contributed by atoms with van der Waals surface area (Å²) in [4.78, 5) is 27.4. The molecule has 116 valence electrons. The molecule has 0 radical (unpaired) electrons. The topological polar surface area (TPSA) is 103 Å². The zero-order valence-corrected chi connectivity index (χ0v) is 12.5. The molecule has 2 aromatic rings. The quantitative estimate of drug-likeness (QED) is 0.881. The molecular formula is C17H15N3O3. The van der Waals surface area contributed by atoms with Crippen LogP contribution in [0.5, 0.6) is 0 Å². The molecule has 0 aliphatic rings. The number of amides is 1. The molecule has 1 atom stereocenters. The lowest BCUT2D eigenvalue weighted by Gasteiger charge is -2.17. The van der Waals surface area contributed by atoms with Crippen LogP contribution in [0, 0.1) is 18.3 Å². The Bertz CT molecular complexity index is 766. The zero-order valence-electron chi connectivity index (χ0n) is 12.5. The second-order valence-electron chi connectivity index (χ2n) is 4.98. The maximum absolute atomic E-state index is 12.3. The van der Waals surface area contributed by atoms with Crippen LogP contribution in [0.2, 0.25) is 0 Å². The number of aromatic nitrogens is 1. The molecule has 1 aromatic carbocycles.